The van der Waals surface area contributed by atoms with Crippen molar-refractivity contribution >= 4 is 29.3 Å². The molecule has 0 aliphatic heterocycles. The van der Waals surface area contributed by atoms with E-state index in [-0.39, 0.29) is 11.4 Å². The van der Waals surface area contributed by atoms with E-state index in [0.717, 1.165) is 0 Å². The van der Waals surface area contributed by atoms with Crippen molar-refractivity contribution in [3.05, 3.63) is 48.2 Å². The molecular formula is C16H15F2N5OS. The average molecular weight is 363 g/mol. The van der Waals surface area contributed by atoms with Crippen LogP contribution in [0.3, 0.4) is 0 Å². The van der Waals surface area contributed by atoms with E-state index < -0.39 is 11.8 Å². The zero-order valence-electron chi connectivity index (χ0n) is 13.0. The lowest BCUT2D eigenvalue weighted by Crippen LogP contribution is -2.33. The van der Waals surface area contributed by atoms with Gasteiger partial charge in [-0.2, -0.15) is 14.0 Å². The van der Waals surface area contributed by atoms with Gasteiger partial charge < -0.3 is 16.0 Å². The quantitative estimate of drug-likeness (QED) is 0.517. The first-order valence-corrected chi connectivity index (χ1v) is 8.16. The lowest BCUT2D eigenvalue weighted by atomic mass is 10.3. The number of thioether (sulfide) groups is 1. The van der Waals surface area contributed by atoms with Gasteiger partial charge in [0.25, 0.3) is 5.76 Å². The van der Waals surface area contributed by atoms with E-state index in [4.69, 9.17) is 5.26 Å². The third kappa shape index (κ3) is 5.93. The zero-order valence-corrected chi connectivity index (χ0v) is 13.8. The normalized spacial score (nSPS) is 10.2. The number of hydrogen-bond donors (Lipinski definition) is 3. The SMILES string of the molecule is N#Cc1cccnc1NCCNC(=O)Nc1ccccc1SC(F)F. The van der Waals surface area contributed by atoms with E-state index in [2.05, 4.69) is 20.9 Å². The highest BCUT2D eigenvalue weighted by Gasteiger charge is 2.11. The summed E-state index contributed by atoms with van der Waals surface area (Å²) in [5.74, 6) is -2.13. The van der Waals surface area contributed by atoms with E-state index in [1.807, 2.05) is 6.07 Å². The molecule has 0 radical (unpaired) electrons. The van der Waals surface area contributed by atoms with Crippen LogP contribution in [0.15, 0.2) is 47.5 Å². The molecule has 0 atom stereocenters. The fourth-order valence-electron chi connectivity index (χ4n) is 1.93. The van der Waals surface area contributed by atoms with Crippen LogP contribution in [0, 0.1) is 11.3 Å². The molecule has 0 aliphatic rings. The highest BCUT2D eigenvalue weighted by Crippen LogP contribution is 2.31. The molecule has 0 saturated heterocycles. The molecule has 25 heavy (non-hydrogen) atoms. The molecule has 0 bridgehead atoms. The van der Waals surface area contributed by atoms with Gasteiger partial charge in [0, 0.05) is 24.2 Å². The highest BCUT2D eigenvalue weighted by molar-refractivity contribution is 7.99. The molecule has 1 aromatic heterocycles. The number of benzene rings is 1. The first kappa shape index (κ1) is 18.5. The first-order valence-electron chi connectivity index (χ1n) is 7.28. The van der Waals surface area contributed by atoms with Crippen LogP contribution in [0.2, 0.25) is 0 Å². The molecule has 9 heteroatoms. The summed E-state index contributed by atoms with van der Waals surface area (Å²) in [5, 5.41) is 17.0. The number of carbonyl (C=O) groups excluding carboxylic acids is 1. The Morgan fingerprint density at radius 1 is 1.24 bits per heavy atom. The Bertz CT molecular complexity index is 766. The number of pyridine rings is 1. The molecule has 0 spiro atoms. The number of nitrogens with one attached hydrogen (secondary N) is 3. The number of nitrogens with zero attached hydrogens (tertiary/aromatic N) is 2. The molecule has 2 amide bonds. The van der Waals surface area contributed by atoms with E-state index in [0.29, 0.717) is 35.4 Å². The van der Waals surface area contributed by atoms with Gasteiger partial charge in [-0.25, -0.2) is 9.78 Å². The number of rotatable bonds is 7. The van der Waals surface area contributed by atoms with E-state index in [1.165, 1.54) is 6.07 Å². The predicted molar refractivity (Wildman–Crippen MR) is 92.8 cm³/mol. The maximum Gasteiger partial charge on any atom is 0.319 e. The van der Waals surface area contributed by atoms with Gasteiger partial charge in [-0.3, -0.25) is 0 Å². The van der Waals surface area contributed by atoms with Gasteiger partial charge in [0.1, 0.15) is 11.9 Å². The fourth-order valence-corrected chi connectivity index (χ4v) is 2.52. The van der Waals surface area contributed by atoms with Gasteiger partial charge >= 0.3 is 6.03 Å². The second kappa shape index (κ2) is 9.44. The molecule has 2 aromatic rings. The molecule has 130 valence electrons. The minimum Gasteiger partial charge on any atom is -0.367 e. The predicted octanol–water partition coefficient (Wildman–Crippen LogP) is 3.50. The molecule has 0 aliphatic carbocycles. The first-order chi connectivity index (χ1) is 12.1. The lowest BCUT2D eigenvalue weighted by molar-refractivity contribution is 0.251. The van der Waals surface area contributed by atoms with Crippen molar-refractivity contribution in [1.82, 2.24) is 10.3 Å². The lowest BCUT2D eigenvalue weighted by Gasteiger charge is -2.12. The third-order valence-electron chi connectivity index (χ3n) is 2.98. The van der Waals surface area contributed by atoms with Crippen molar-refractivity contribution in [2.24, 2.45) is 0 Å². The van der Waals surface area contributed by atoms with E-state index in [9.17, 15) is 13.6 Å². The molecule has 0 unspecified atom stereocenters. The van der Waals surface area contributed by atoms with Crippen molar-refractivity contribution in [1.29, 1.82) is 5.26 Å². The molecule has 1 aromatic carbocycles. The van der Waals surface area contributed by atoms with Crippen molar-refractivity contribution in [2.75, 3.05) is 23.7 Å². The van der Waals surface area contributed by atoms with Gasteiger partial charge in [-0.05, 0) is 24.3 Å². The van der Waals surface area contributed by atoms with Crippen LogP contribution >= 0.6 is 11.8 Å². The Labute approximate surface area is 147 Å². The van der Waals surface area contributed by atoms with Crippen LogP contribution in [0.4, 0.5) is 25.1 Å². The van der Waals surface area contributed by atoms with Gasteiger partial charge in [0.05, 0.1) is 11.3 Å². The fraction of sp³-hybridized carbons (Fsp3) is 0.188. The standard InChI is InChI=1S/C16H15F2N5OS/c17-15(18)25-13-6-2-1-5-12(13)23-16(24)22-9-8-21-14-11(10-19)4-3-7-20-14/h1-7,15H,8-9H2,(H,20,21)(H2,22,23,24). The van der Waals surface area contributed by atoms with Crippen LogP contribution in [0.25, 0.3) is 0 Å². The van der Waals surface area contributed by atoms with Crippen LogP contribution in [0.1, 0.15) is 5.56 Å². The summed E-state index contributed by atoms with van der Waals surface area (Å²) in [6.45, 7) is 0.615. The number of amides is 2. The van der Waals surface area contributed by atoms with Gasteiger partial charge in [0.15, 0.2) is 0 Å². The van der Waals surface area contributed by atoms with Gasteiger partial charge in [0.2, 0.25) is 0 Å². The summed E-state index contributed by atoms with van der Waals surface area (Å²) < 4.78 is 25.0. The van der Waals surface area contributed by atoms with E-state index in [1.54, 1.807) is 36.5 Å². The second-order valence-electron chi connectivity index (χ2n) is 4.69. The molecule has 3 N–H and O–H groups in total. The molecule has 6 nitrogen and oxygen atoms in total. The molecule has 2 rings (SSSR count). The van der Waals surface area contributed by atoms with Crippen LogP contribution in [0.5, 0.6) is 0 Å². The summed E-state index contributed by atoms with van der Waals surface area (Å²) in [6, 6.07) is 11.1. The Morgan fingerprint density at radius 2 is 2.04 bits per heavy atom. The minimum atomic E-state index is -2.57. The summed E-state index contributed by atoms with van der Waals surface area (Å²) in [5.41, 5.74) is 0.722. The van der Waals surface area contributed by atoms with Crippen molar-refractivity contribution in [3.63, 3.8) is 0 Å². The van der Waals surface area contributed by atoms with Crippen molar-refractivity contribution in [2.45, 2.75) is 10.7 Å². The van der Waals surface area contributed by atoms with Gasteiger partial charge in [-0.1, -0.05) is 23.9 Å². The molecular weight excluding hydrogens is 348 g/mol. The average Bonchev–Trinajstić information content (AvgIpc) is 2.60. The van der Waals surface area contributed by atoms with Crippen LogP contribution in [-0.4, -0.2) is 29.9 Å². The number of anilines is 2. The van der Waals surface area contributed by atoms with Crippen molar-refractivity contribution < 1.29 is 13.6 Å². The topological polar surface area (TPSA) is 89.8 Å². The Balaban J connectivity index is 1.81. The van der Waals surface area contributed by atoms with Gasteiger partial charge in [-0.15, -0.1) is 0 Å². The molecule has 0 saturated carbocycles. The summed E-state index contributed by atoms with van der Waals surface area (Å²) in [6.07, 6.45) is 1.56. The number of nitriles is 1. The number of halogens is 2. The Kier molecular flexibility index (Phi) is 6.98. The second-order valence-corrected chi connectivity index (χ2v) is 5.73. The maximum absolute atomic E-state index is 12.5. The summed E-state index contributed by atoms with van der Waals surface area (Å²) >= 11 is 0.370. The summed E-state index contributed by atoms with van der Waals surface area (Å²) in [4.78, 5) is 16.2. The van der Waals surface area contributed by atoms with Crippen molar-refractivity contribution in [3.8, 4) is 6.07 Å². The number of hydrogen-bond acceptors (Lipinski definition) is 5. The van der Waals surface area contributed by atoms with Crippen LogP contribution < -0.4 is 16.0 Å². The monoisotopic (exact) mass is 363 g/mol. The number of para-hydroxylation sites is 1. The van der Waals surface area contributed by atoms with Crippen LogP contribution in [-0.2, 0) is 0 Å². The number of aromatic nitrogens is 1. The zero-order chi connectivity index (χ0) is 18.1. The largest absolute Gasteiger partial charge is 0.367 e. The third-order valence-corrected chi connectivity index (χ3v) is 3.77. The molecule has 1 heterocycles. The highest BCUT2D eigenvalue weighted by atomic mass is 32.2. The molecule has 0 fully saturated rings. The minimum absolute atomic E-state index is 0.261. The maximum atomic E-state index is 12.5. The Hall–Kier alpha value is -2.86. The van der Waals surface area contributed by atoms with E-state index >= 15 is 0 Å². The number of urea groups is 1. The number of alkyl halides is 2. The smallest absolute Gasteiger partial charge is 0.319 e. The summed E-state index contributed by atoms with van der Waals surface area (Å²) in [7, 11) is 0. The number of carbonyl (C=O) groups is 1. The Morgan fingerprint density at radius 3 is 2.80 bits per heavy atom.